The number of halogens is 1. The molecule has 5 heteroatoms. The summed E-state index contributed by atoms with van der Waals surface area (Å²) in [5, 5.41) is 4.20. The van der Waals surface area contributed by atoms with Gasteiger partial charge in [0.25, 0.3) is 5.91 Å². The number of aromatic nitrogens is 1. The molecule has 3 nitrogen and oxygen atoms in total. The monoisotopic (exact) mass is 312 g/mol. The van der Waals surface area contributed by atoms with E-state index in [0.29, 0.717) is 22.0 Å². The molecule has 1 fully saturated rings. The third-order valence-electron chi connectivity index (χ3n) is 3.59. The molecule has 0 radical (unpaired) electrons. The van der Waals surface area contributed by atoms with Gasteiger partial charge in [0.1, 0.15) is 5.15 Å². The predicted octanol–water partition coefficient (Wildman–Crippen LogP) is 3.70. The zero-order valence-corrected chi connectivity index (χ0v) is 13.6. The summed E-state index contributed by atoms with van der Waals surface area (Å²) in [6.45, 7) is 4.19. The van der Waals surface area contributed by atoms with Gasteiger partial charge in [0.05, 0.1) is 0 Å². The van der Waals surface area contributed by atoms with Crippen LogP contribution in [0, 0.1) is 0 Å². The fourth-order valence-corrected chi connectivity index (χ4v) is 3.96. The van der Waals surface area contributed by atoms with Gasteiger partial charge in [-0.05, 0) is 43.6 Å². The Morgan fingerprint density at radius 1 is 1.45 bits per heavy atom. The second-order valence-electron chi connectivity index (χ2n) is 5.08. The maximum atomic E-state index is 12.3. The fourth-order valence-electron chi connectivity index (χ4n) is 2.59. The van der Waals surface area contributed by atoms with Crippen LogP contribution in [0.25, 0.3) is 0 Å². The molecule has 0 aromatic carbocycles. The van der Waals surface area contributed by atoms with Gasteiger partial charge >= 0.3 is 0 Å². The fraction of sp³-hybridized carbons (Fsp3) is 0.600. The molecular weight excluding hydrogens is 292 g/mol. The van der Waals surface area contributed by atoms with Crippen molar-refractivity contribution >= 4 is 29.3 Å². The molecule has 1 saturated carbocycles. The Hall–Kier alpha value is -0.740. The van der Waals surface area contributed by atoms with Crippen LogP contribution in [0.1, 0.15) is 49.2 Å². The molecule has 2 rings (SSSR count). The maximum Gasteiger partial charge on any atom is 0.251 e. The topological polar surface area (TPSA) is 42.0 Å². The van der Waals surface area contributed by atoms with E-state index in [2.05, 4.69) is 17.2 Å². The number of hydrogen-bond acceptors (Lipinski definition) is 3. The minimum atomic E-state index is -0.0313. The van der Waals surface area contributed by atoms with Gasteiger partial charge in [-0.3, -0.25) is 4.79 Å². The second-order valence-corrected chi connectivity index (χ2v) is 7.05. The Morgan fingerprint density at radius 3 is 2.95 bits per heavy atom. The van der Waals surface area contributed by atoms with E-state index in [0.717, 1.165) is 30.7 Å². The lowest BCUT2D eigenvalue weighted by Crippen LogP contribution is -2.33. The van der Waals surface area contributed by atoms with Crippen LogP contribution >= 0.6 is 23.4 Å². The molecule has 2 unspecified atom stereocenters. The molecule has 1 aromatic rings. The molecular formula is C15H21ClN2OS. The summed E-state index contributed by atoms with van der Waals surface area (Å²) in [6, 6.07) is 3.76. The standard InChI is InChI=1S/C15H21ClN2OS/c1-3-11-7-10(8-14(16)17-11)15(19)18-12-5-6-13(9-12)20-4-2/h7-8,12-13H,3-6,9H2,1-2H3,(H,18,19). The first-order chi connectivity index (χ1) is 9.62. The number of nitrogens with one attached hydrogen (secondary N) is 1. The Bertz CT molecular complexity index is 481. The van der Waals surface area contributed by atoms with E-state index in [1.807, 2.05) is 24.8 Å². The SMILES string of the molecule is CCSC1CCC(NC(=O)c2cc(Cl)nc(CC)c2)C1. The van der Waals surface area contributed by atoms with Gasteiger partial charge in [0, 0.05) is 22.5 Å². The van der Waals surface area contributed by atoms with Crippen molar-refractivity contribution < 1.29 is 4.79 Å². The van der Waals surface area contributed by atoms with Crippen LogP contribution in [0.15, 0.2) is 12.1 Å². The molecule has 1 aromatic heterocycles. The van der Waals surface area contributed by atoms with E-state index in [4.69, 9.17) is 11.6 Å². The molecule has 1 aliphatic carbocycles. The summed E-state index contributed by atoms with van der Waals surface area (Å²) in [4.78, 5) is 16.5. The van der Waals surface area contributed by atoms with E-state index in [1.165, 1.54) is 6.42 Å². The van der Waals surface area contributed by atoms with Crippen molar-refractivity contribution in [3.05, 3.63) is 28.5 Å². The maximum absolute atomic E-state index is 12.3. The van der Waals surface area contributed by atoms with Crippen molar-refractivity contribution in [3.63, 3.8) is 0 Å². The summed E-state index contributed by atoms with van der Waals surface area (Å²) in [5.41, 5.74) is 1.47. The van der Waals surface area contributed by atoms with Crippen molar-refractivity contribution in [2.45, 2.75) is 50.8 Å². The van der Waals surface area contributed by atoms with Crippen molar-refractivity contribution in [1.29, 1.82) is 0 Å². The second kappa shape index (κ2) is 7.32. The lowest BCUT2D eigenvalue weighted by atomic mass is 10.1. The highest BCUT2D eigenvalue weighted by Crippen LogP contribution is 2.29. The van der Waals surface area contributed by atoms with Gasteiger partial charge < -0.3 is 5.32 Å². The highest BCUT2D eigenvalue weighted by Gasteiger charge is 2.26. The van der Waals surface area contributed by atoms with Crippen LogP contribution in [0.3, 0.4) is 0 Å². The highest BCUT2D eigenvalue weighted by atomic mass is 35.5. The van der Waals surface area contributed by atoms with Crippen LogP contribution in [-0.4, -0.2) is 27.9 Å². The largest absolute Gasteiger partial charge is 0.349 e. The number of amides is 1. The van der Waals surface area contributed by atoms with E-state index in [1.54, 1.807) is 6.07 Å². The third-order valence-corrected chi connectivity index (χ3v) is 5.02. The van der Waals surface area contributed by atoms with Crippen LogP contribution in [0.5, 0.6) is 0 Å². The molecule has 20 heavy (non-hydrogen) atoms. The molecule has 110 valence electrons. The molecule has 1 aliphatic rings. The first-order valence-electron chi connectivity index (χ1n) is 7.21. The van der Waals surface area contributed by atoms with Crippen LogP contribution < -0.4 is 5.32 Å². The van der Waals surface area contributed by atoms with Gasteiger partial charge in [0.15, 0.2) is 0 Å². The van der Waals surface area contributed by atoms with Crippen LogP contribution in [0.4, 0.5) is 0 Å². The number of nitrogens with zero attached hydrogens (tertiary/aromatic N) is 1. The van der Waals surface area contributed by atoms with Crippen LogP contribution in [-0.2, 0) is 6.42 Å². The van der Waals surface area contributed by atoms with Gasteiger partial charge in [-0.1, -0.05) is 25.4 Å². The molecule has 0 bridgehead atoms. The van der Waals surface area contributed by atoms with Crippen molar-refractivity contribution in [3.8, 4) is 0 Å². The zero-order chi connectivity index (χ0) is 14.5. The zero-order valence-electron chi connectivity index (χ0n) is 12.0. The number of carbonyl (C=O) groups excluding carboxylic acids is 1. The highest BCUT2D eigenvalue weighted by molar-refractivity contribution is 7.99. The smallest absolute Gasteiger partial charge is 0.251 e. The van der Waals surface area contributed by atoms with Crippen molar-refractivity contribution in [1.82, 2.24) is 10.3 Å². The molecule has 0 saturated heterocycles. The van der Waals surface area contributed by atoms with E-state index in [9.17, 15) is 4.79 Å². The summed E-state index contributed by atoms with van der Waals surface area (Å²) in [6.07, 6.45) is 4.12. The van der Waals surface area contributed by atoms with Gasteiger partial charge in [-0.2, -0.15) is 11.8 Å². The van der Waals surface area contributed by atoms with E-state index < -0.39 is 0 Å². The van der Waals surface area contributed by atoms with Gasteiger partial charge in [0.2, 0.25) is 0 Å². The molecule has 2 atom stereocenters. The Kier molecular flexibility index (Phi) is 5.73. The quantitative estimate of drug-likeness (QED) is 0.843. The number of aryl methyl sites for hydroxylation is 1. The Labute approximate surface area is 129 Å². The minimum absolute atomic E-state index is 0.0313. The molecule has 1 heterocycles. The Morgan fingerprint density at radius 2 is 2.25 bits per heavy atom. The molecule has 1 amide bonds. The summed E-state index contributed by atoms with van der Waals surface area (Å²) >= 11 is 7.95. The van der Waals surface area contributed by atoms with Gasteiger partial charge in [-0.25, -0.2) is 4.98 Å². The number of hydrogen-bond donors (Lipinski definition) is 1. The molecule has 0 aliphatic heterocycles. The number of rotatable bonds is 5. The predicted molar refractivity (Wildman–Crippen MR) is 85.7 cm³/mol. The first kappa shape index (κ1) is 15.6. The summed E-state index contributed by atoms with van der Waals surface area (Å²) in [7, 11) is 0. The average molecular weight is 313 g/mol. The van der Waals surface area contributed by atoms with Gasteiger partial charge in [-0.15, -0.1) is 0 Å². The number of pyridine rings is 1. The summed E-state index contributed by atoms with van der Waals surface area (Å²) < 4.78 is 0. The van der Waals surface area contributed by atoms with E-state index in [-0.39, 0.29) is 5.91 Å². The number of thioether (sulfide) groups is 1. The Balaban J connectivity index is 1.97. The third kappa shape index (κ3) is 4.13. The summed E-state index contributed by atoms with van der Waals surface area (Å²) in [5.74, 6) is 1.11. The van der Waals surface area contributed by atoms with E-state index >= 15 is 0 Å². The minimum Gasteiger partial charge on any atom is -0.349 e. The molecule has 1 N–H and O–H groups in total. The first-order valence-corrected chi connectivity index (χ1v) is 8.64. The van der Waals surface area contributed by atoms with Crippen LogP contribution in [0.2, 0.25) is 5.15 Å². The average Bonchev–Trinajstić information content (AvgIpc) is 2.85. The number of carbonyl (C=O) groups is 1. The van der Waals surface area contributed by atoms with Crippen molar-refractivity contribution in [2.24, 2.45) is 0 Å². The molecule has 0 spiro atoms. The van der Waals surface area contributed by atoms with Crippen molar-refractivity contribution in [2.75, 3.05) is 5.75 Å². The normalized spacial score (nSPS) is 21.9. The lowest BCUT2D eigenvalue weighted by Gasteiger charge is -2.13. The lowest BCUT2D eigenvalue weighted by molar-refractivity contribution is 0.0937.